The lowest BCUT2D eigenvalue weighted by atomic mass is 9.92. The van der Waals surface area contributed by atoms with Crippen LogP contribution in [-0.2, 0) is 25.7 Å². The molecule has 0 spiro atoms. The Hall–Kier alpha value is -4.04. The van der Waals surface area contributed by atoms with Crippen LogP contribution in [0, 0.1) is 21.7 Å². The molecular formula is C55H83NO. The van der Waals surface area contributed by atoms with Gasteiger partial charge in [-0.15, -0.1) is 0 Å². The number of H-pyrrole nitrogens is 1. The van der Waals surface area contributed by atoms with Crippen LogP contribution in [0.3, 0.4) is 0 Å². The van der Waals surface area contributed by atoms with Crippen molar-refractivity contribution < 1.29 is 4.42 Å². The van der Waals surface area contributed by atoms with Gasteiger partial charge in [-0.05, 0) is 119 Å². The average molecular weight is 774 g/mol. The molecule has 0 saturated heterocycles. The van der Waals surface area contributed by atoms with Gasteiger partial charge in [0.25, 0.3) is 0 Å². The summed E-state index contributed by atoms with van der Waals surface area (Å²) in [4.78, 5) is 3.12. The Kier molecular flexibility index (Phi) is 22.7. The number of fused-ring (bicyclic) bond motifs is 4. The second-order valence-corrected chi connectivity index (χ2v) is 21.6. The normalized spacial score (nSPS) is 12.8. The summed E-state index contributed by atoms with van der Waals surface area (Å²) in [5, 5.41) is 2.44. The van der Waals surface area contributed by atoms with E-state index in [-0.39, 0.29) is 0 Å². The molecule has 0 bridgehead atoms. The Labute approximate surface area is 351 Å². The van der Waals surface area contributed by atoms with E-state index in [0.717, 1.165) is 11.0 Å². The summed E-state index contributed by atoms with van der Waals surface area (Å²) >= 11 is 0. The van der Waals surface area contributed by atoms with Gasteiger partial charge in [0.2, 0.25) is 0 Å². The Balaban J connectivity index is 0.000000333. The van der Waals surface area contributed by atoms with Crippen LogP contribution < -0.4 is 0 Å². The van der Waals surface area contributed by atoms with Crippen molar-refractivity contribution in [3.63, 3.8) is 0 Å². The fraction of sp³-hybridized carbons (Fsp3) is 0.491. The van der Waals surface area contributed by atoms with Gasteiger partial charge in [0.15, 0.2) is 0 Å². The molecule has 0 amide bonds. The summed E-state index contributed by atoms with van der Waals surface area (Å²) in [6.07, 6.45) is 13.0. The third-order valence-corrected chi connectivity index (χ3v) is 7.10. The molecule has 2 aromatic heterocycles. The molecule has 0 radical (unpaired) electrons. The summed E-state index contributed by atoms with van der Waals surface area (Å²) in [5.74, 6) is 0. The molecule has 2 aliphatic rings. The van der Waals surface area contributed by atoms with Crippen molar-refractivity contribution in [2.24, 2.45) is 21.7 Å². The molecule has 4 aromatic carbocycles. The fourth-order valence-corrected chi connectivity index (χ4v) is 5.09. The first-order valence-corrected chi connectivity index (χ1v) is 21.4. The number of rotatable bonds is 0. The monoisotopic (exact) mass is 774 g/mol. The van der Waals surface area contributed by atoms with E-state index in [2.05, 4.69) is 182 Å². The molecule has 8 rings (SSSR count). The fourth-order valence-electron chi connectivity index (χ4n) is 5.09. The molecule has 6 aromatic rings. The minimum atomic E-state index is 0.500. The van der Waals surface area contributed by atoms with Gasteiger partial charge in [0.1, 0.15) is 5.58 Å². The molecule has 2 heteroatoms. The van der Waals surface area contributed by atoms with E-state index in [1.807, 2.05) is 48.7 Å². The molecule has 2 nitrogen and oxygen atoms in total. The lowest BCUT2D eigenvalue weighted by Gasteiger charge is -2.13. The first kappa shape index (κ1) is 51.0. The van der Waals surface area contributed by atoms with E-state index >= 15 is 0 Å². The average Bonchev–Trinajstić information content (AvgIpc) is 3.87. The van der Waals surface area contributed by atoms with E-state index in [9.17, 15) is 0 Å². The standard InChI is InChI=1S/C10H12.C9H10.C8H7N.C8H6O.4C5H12/c1-2-6-10-8-4-3-7-9(10)5-1;1-2-5-9-7-3-6-8(9)4-1;2*1-2-4-8-7(3-1)5-6-9-8;4*1-5(2,3)4/h1-2,5-6H,3-4,7-8H2;1-2,4-5H,3,6-7H2;1-6,9H;1-6H;4*1-4H3. The van der Waals surface area contributed by atoms with Gasteiger partial charge in [0, 0.05) is 17.1 Å². The third kappa shape index (κ3) is 30.7. The van der Waals surface area contributed by atoms with Gasteiger partial charge >= 0.3 is 0 Å². The minimum Gasteiger partial charge on any atom is -0.464 e. The number of hydrogen-bond acceptors (Lipinski definition) is 1. The number of hydrogen-bond donors (Lipinski definition) is 1. The van der Waals surface area contributed by atoms with Gasteiger partial charge in [0.05, 0.1) is 6.26 Å². The predicted octanol–water partition coefficient (Wildman–Crippen LogP) is 17.6. The van der Waals surface area contributed by atoms with E-state index < -0.39 is 0 Å². The summed E-state index contributed by atoms with van der Waals surface area (Å²) in [6, 6.07) is 37.7. The van der Waals surface area contributed by atoms with Crippen molar-refractivity contribution in [1.82, 2.24) is 4.98 Å². The third-order valence-electron chi connectivity index (χ3n) is 7.10. The molecule has 0 fully saturated rings. The van der Waals surface area contributed by atoms with Crippen molar-refractivity contribution in [3.05, 3.63) is 144 Å². The van der Waals surface area contributed by atoms with E-state index in [1.165, 1.54) is 55.8 Å². The molecule has 0 saturated carbocycles. The molecule has 0 unspecified atom stereocenters. The van der Waals surface area contributed by atoms with Gasteiger partial charge in [-0.25, -0.2) is 0 Å². The van der Waals surface area contributed by atoms with Crippen LogP contribution in [0.25, 0.3) is 21.9 Å². The summed E-state index contributed by atoms with van der Waals surface area (Å²) in [6.45, 7) is 35.0. The highest BCUT2D eigenvalue weighted by Crippen LogP contribution is 2.21. The van der Waals surface area contributed by atoms with Crippen LogP contribution in [0.1, 0.15) is 152 Å². The smallest absolute Gasteiger partial charge is 0.133 e. The maximum Gasteiger partial charge on any atom is 0.133 e. The summed E-state index contributed by atoms with van der Waals surface area (Å²) in [5.41, 5.74) is 10.5. The first-order chi connectivity index (χ1) is 26.4. The summed E-state index contributed by atoms with van der Waals surface area (Å²) in [7, 11) is 0. The first-order valence-electron chi connectivity index (χ1n) is 21.4. The van der Waals surface area contributed by atoms with Gasteiger partial charge in [-0.1, -0.05) is 196 Å². The van der Waals surface area contributed by atoms with E-state index in [1.54, 1.807) is 28.5 Å². The number of benzene rings is 4. The largest absolute Gasteiger partial charge is 0.464 e. The Morgan fingerprint density at radius 2 is 0.702 bits per heavy atom. The van der Waals surface area contributed by atoms with Crippen LogP contribution in [0.5, 0.6) is 0 Å². The molecular weight excluding hydrogens is 691 g/mol. The number of aromatic amines is 1. The molecule has 1 N–H and O–H groups in total. The lowest BCUT2D eigenvalue weighted by molar-refractivity contribution is 0.469. The Morgan fingerprint density at radius 1 is 0.368 bits per heavy atom. The van der Waals surface area contributed by atoms with Crippen molar-refractivity contribution in [3.8, 4) is 0 Å². The Morgan fingerprint density at radius 3 is 1.09 bits per heavy atom. The van der Waals surface area contributed by atoms with Crippen molar-refractivity contribution in [2.45, 2.75) is 156 Å². The molecule has 2 aliphatic carbocycles. The zero-order chi connectivity index (χ0) is 43.1. The molecule has 314 valence electrons. The maximum absolute atomic E-state index is 5.12. The minimum absolute atomic E-state index is 0.500. The number of furan rings is 1. The maximum atomic E-state index is 5.12. The number of nitrogens with one attached hydrogen (secondary N) is 1. The predicted molar refractivity (Wildman–Crippen MR) is 257 cm³/mol. The molecule has 57 heavy (non-hydrogen) atoms. The number of para-hydroxylation sites is 2. The zero-order valence-electron chi connectivity index (χ0n) is 39.4. The van der Waals surface area contributed by atoms with Gasteiger partial charge < -0.3 is 9.40 Å². The summed E-state index contributed by atoms with van der Waals surface area (Å²) < 4.78 is 5.12. The highest BCUT2D eigenvalue weighted by Gasteiger charge is 2.08. The van der Waals surface area contributed by atoms with Crippen molar-refractivity contribution in [2.75, 3.05) is 0 Å². The molecule has 2 heterocycles. The van der Waals surface area contributed by atoms with Crippen LogP contribution in [0.15, 0.2) is 126 Å². The second-order valence-electron chi connectivity index (χ2n) is 21.6. The topological polar surface area (TPSA) is 28.9 Å². The highest BCUT2D eigenvalue weighted by molar-refractivity contribution is 5.78. The molecule has 0 aliphatic heterocycles. The lowest BCUT2D eigenvalue weighted by Crippen LogP contribution is -2.00. The van der Waals surface area contributed by atoms with Crippen molar-refractivity contribution >= 4 is 21.9 Å². The molecule has 0 atom stereocenters. The van der Waals surface area contributed by atoms with Crippen LogP contribution >= 0.6 is 0 Å². The van der Waals surface area contributed by atoms with Gasteiger partial charge in [-0.3, -0.25) is 0 Å². The Bertz CT molecular complexity index is 1650. The zero-order valence-corrected chi connectivity index (χ0v) is 39.4. The van der Waals surface area contributed by atoms with E-state index in [4.69, 9.17) is 4.42 Å². The van der Waals surface area contributed by atoms with Crippen molar-refractivity contribution in [1.29, 1.82) is 0 Å². The van der Waals surface area contributed by atoms with Crippen LogP contribution in [0.2, 0.25) is 0 Å². The number of aromatic nitrogens is 1. The van der Waals surface area contributed by atoms with Crippen LogP contribution in [-0.4, -0.2) is 4.98 Å². The number of aryl methyl sites for hydroxylation is 4. The SMILES string of the molecule is CC(C)(C)C.CC(C)(C)C.CC(C)(C)C.CC(C)(C)C.c1ccc2[nH]ccc2c1.c1ccc2c(c1)CCC2.c1ccc2c(c1)CCCC2.c1ccc2occc2c1. The van der Waals surface area contributed by atoms with Gasteiger partial charge in [-0.2, -0.15) is 0 Å². The highest BCUT2D eigenvalue weighted by atomic mass is 16.3. The van der Waals surface area contributed by atoms with E-state index in [0.29, 0.717) is 21.7 Å². The second kappa shape index (κ2) is 25.3. The van der Waals surface area contributed by atoms with Crippen LogP contribution in [0.4, 0.5) is 0 Å². The quantitative estimate of drug-likeness (QED) is 0.164.